The van der Waals surface area contributed by atoms with Crippen molar-refractivity contribution in [3.8, 4) is 0 Å². The number of hydrogen-bond donors (Lipinski definition) is 3. The third kappa shape index (κ3) is 4.34. The number of urea groups is 1. The molecular weight excluding hydrogens is 391 g/mol. The molecule has 3 N–H and O–H groups in total. The fraction of sp³-hybridized carbons (Fsp3) is 0.722. The average molecular weight is 415 g/mol. The zero-order valence-electron chi connectivity index (χ0n) is 15.8. The number of halogens is 3. The highest BCUT2D eigenvalue weighted by atomic mass is 19.4. The van der Waals surface area contributed by atoms with E-state index in [1.54, 1.807) is 4.90 Å². The highest BCUT2D eigenvalue weighted by molar-refractivity contribution is 5.90. The van der Waals surface area contributed by atoms with Crippen molar-refractivity contribution in [3.05, 3.63) is 11.9 Å². The molecule has 1 aliphatic carbocycles. The second-order valence-corrected chi connectivity index (χ2v) is 8.28. The summed E-state index contributed by atoms with van der Waals surface area (Å²) < 4.78 is 38.9. The number of carbonyl (C=O) groups is 2. The highest BCUT2D eigenvalue weighted by Gasteiger charge is 2.46. The van der Waals surface area contributed by atoms with Crippen LogP contribution in [-0.4, -0.2) is 63.6 Å². The largest absolute Gasteiger partial charge is 0.408 e. The fourth-order valence-corrected chi connectivity index (χ4v) is 4.23. The Balaban J connectivity index is 1.41. The number of nitrogens with zero attached hydrogens (tertiary/aromatic N) is 3. The Hall–Kier alpha value is -2.30. The van der Waals surface area contributed by atoms with Crippen molar-refractivity contribution in [1.29, 1.82) is 0 Å². The van der Waals surface area contributed by atoms with Gasteiger partial charge in [0.05, 0.1) is 22.9 Å². The van der Waals surface area contributed by atoms with Gasteiger partial charge >= 0.3 is 12.2 Å². The third-order valence-electron chi connectivity index (χ3n) is 5.95. The zero-order chi connectivity index (χ0) is 20.8. The molecule has 3 fully saturated rings. The van der Waals surface area contributed by atoms with E-state index in [-0.39, 0.29) is 18.4 Å². The van der Waals surface area contributed by atoms with Crippen LogP contribution in [0.15, 0.2) is 6.20 Å². The molecule has 1 atom stereocenters. The van der Waals surface area contributed by atoms with Gasteiger partial charge in [-0.25, -0.2) is 4.79 Å². The summed E-state index contributed by atoms with van der Waals surface area (Å²) in [5.74, 6) is -0.0101. The van der Waals surface area contributed by atoms with Crippen molar-refractivity contribution < 1.29 is 27.9 Å². The minimum Gasteiger partial charge on any atom is -0.391 e. The quantitative estimate of drug-likeness (QED) is 0.701. The number of β-amino-alcohol motifs (C(OH)–C–C–N with tert-alkyl or cyclic N) is 1. The molecule has 0 aromatic carbocycles. The van der Waals surface area contributed by atoms with E-state index in [9.17, 15) is 27.9 Å². The Bertz CT molecular complexity index is 797. The Morgan fingerprint density at radius 2 is 2.03 bits per heavy atom. The van der Waals surface area contributed by atoms with Gasteiger partial charge in [0.1, 0.15) is 6.54 Å². The van der Waals surface area contributed by atoms with E-state index in [0.717, 1.165) is 17.5 Å². The molecule has 1 unspecified atom stereocenters. The van der Waals surface area contributed by atoms with Crippen molar-refractivity contribution in [2.45, 2.75) is 56.8 Å². The number of carbonyl (C=O) groups excluding carboxylic acids is 2. The van der Waals surface area contributed by atoms with Gasteiger partial charge in [0, 0.05) is 31.7 Å². The van der Waals surface area contributed by atoms with E-state index in [1.807, 2.05) is 0 Å². The molecule has 0 radical (unpaired) electrons. The lowest BCUT2D eigenvalue weighted by atomic mass is 9.71. The number of rotatable bonds is 3. The van der Waals surface area contributed by atoms with Gasteiger partial charge in [-0.05, 0) is 32.1 Å². The lowest BCUT2D eigenvalue weighted by Crippen LogP contribution is -2.56. The molecule has 29 heavy (non-hydrogen) atoms. The molecule has 1 saturated carbocycles. The van der Waals surface area contributed by atoms with Crippen molar-refractivity contribution in [1.82, 2.24) is 20.0 Å². The fourth-order valence-electron chi connectivity index (χ4n) is 4.23. The second-order valence-electron chi connectivity index (χ2n) is 8.28. The molecule has 4 rings (SSSR count). The first-order valence-electron chi connectivity index (χ1n) is 9.82. The molecule has 0 bridgehead atoms. The number of likely N-dealkylation sites (tertiary alicyclic amines) is 1. The Labute approximate surface area is 165 Å². The first-order valence-corrected chi connectivity index (χ1v) is 9.82. The van der Waals surface area contributed by atoms with Gasteiger partial charge in [0.15, 0.2) is 0 Å². The highest BCUT2D eigenvalue weighted by Crippen LogP contribution is 2.43. The van der Waals surface area contributed by atoms with E-state index in [1.165, 1.54) is 6.20 Å². The van der Waals surface area contributed by atoms with E-state index in [0.29, 0.717) is 43.7 Å². The SMILES string of the molecule is O=C(Nc1cn(CC(F)(F)F)nc1C1CC1)N1CCC2(CC1)CC(O)CNC2=O. The lowest BCUT2D eigenvalue weighted by Gasteiger charge is -2.44. The minimum absolute atomic E-state index is 0.0804. The smallest absolute Gasteiger partial charge is 0.391 e. The van der Waals surface area contributed by atoms with Crippen LogP contribution in [0.5, 0.6) is 0 Å². The van der Waals surface area contributed by atoms with Crippen LogP contribution in [0.3, 0.4) is 0 Å². The molecule has 3 heterocycles. The molecule has 3 aliphatic rings. The van der Waals surface area contributed by atoms with Crippen LogP contribution >= 0.6 is 0 Å². The molecule has 8 nitrogen and oxygen atoms in total. The number of aromatic nitrogens is 2. The number of hydrogen-bond acceptors (Lipinski definition) is 4. The van der Waals surface area contributed by atoms with Crippen LogP contribution < -0.4 is 10.6 Å². The number of aliphatic hydroxyl groups is 1. The summed E-state index contributed by atoms with van der Waals surface area (Å²) >= 11 is 0. The molecule has 2 aliphatic heterocycles. The van der Waals surface area contributed by atoms with E-state index < -0.39 is 30.3 Å². The van der Waals surface area contributed by atoms with Gasteiger partial charge in [-0.2, -0.15) is 18.3 Å². The number of alkyl halides is 3. The van der Waals surface area contributed by atoms with Gasteiger partial charge < -0.3 is 20.6 Å². The van der Waals surface area contributed by atoms with Crippen LogP contribution in [0.25, 0.3) is 0 Å². The Kier molecular flexibility index (Phi) is 4.96. The number of nitrogens with one attached hydrogen (secondary N) is 2. The molecule has 1 spiro atoms. The van der Waals surface area contributed by atoms with Crippen molar-refractivity contribution in [2.75, 3.05) is 25.0 Å². The molecule has 11 heteroatoms. The summed E-state index contributed by atoms with van der Waals surface area (Å²) in [6, 6.07) is -0.412. The van der Waals surface area contributed by atoms with Gasteiger partial charge in [0.2, 0.25) is 5.91 Å². The standard InChI is InChI=1S/C18H24F3N5O3/c19-18(20,21)10-26-9-13(14(24-26)11-1-2-11)23-16(29)25-5-3-17(4-6-25)7-12(27)8-22-15(17)28/h9,11-12,27H,1-8,10H2,(H,22,28)(H,23,29). The van der Waals surface area contributed by atoms with Crippen LogP contribution in [0, 0.1) is 5.41 Å². The zero-order valence-corrected chi connectivity index (χ0v) is 15.8. The molecule has 1 aromatic rings. The van der Waals surface area contributed by atoms with Crippen LogP contribution in [0.2, 0.25) is 0 Å². The van der Waals surface area contributed by atoms with E-state index in [2.05, 4.69) is 15.7 Å². The average Bonchev–Trinajstić information content (AvgIpc) is 3.41. The Morgan fingerprint density at radius 1 is 1.34 bits per heavy atom. The molecule has 3 amide bonds. The van der Waals surface area contributed by atoms with Crippen molar-refractivity contribution in [2.24, 2.45) is 5.41 Å². The first-order chi connectivity index (χ1) is 13.7. The number of anilines is 1. The predicted octanol–water partition coefficient (Wildman–Crippen LogP) is 1.82. The number of aliphatic hydroxyl groups excluding tert-OH is 1. The van der Waals surface area contributed by atoms with Gasteiger partial charge in [-0.3, -0.25) is 9.48 Å². The minimum atomic E-state index is -4.39. The van der Waals surface area contributed by atoms with Gasteiger partial charge in [-0.1, -0.05) is 0 Å². The molecular formula is C18H24F3N5O3. The third-order valence-corrected chi connectivity index (χ3v) is 5.95. The number of amides is 3. The summed E-state index contributed by atoms with van der Waals surface area (Å²) in [5.41, 5.74) is 0.143. The summed E-state index contributed by atoms with van der Waals surface area (Å²) in [4.78, 5) is 26.5. The Morgan fingerprint density at radius 3 is 2.66 bits per heavy atom. The van der Waals surface area contributed by atoms with E-state index >= 15 is 0 Å². The summed E-state index contributed by atoms with van der Waals surface area (Å²) in [6.45, 7) is -0.286. The topological polar surface area (TPSA) is 99.5 Å². The van der Waals surface area contributed by atoms with Gasteiger partial charge in [-0.15, -0.1) is 0 Å². The summed E-state index contributed by atoms with van der Waals surface area (Å²) in [6.07, 6.45) is -0.808. The molecule has 160 valence electrons. The van der Waals surface area contributed by atoms with Gasteiger partial charge in [0.25, 0.3) is 0 Å². The molecule has 2 saturated heterocycles. The maximum atomic E-state index is 12.7. The lowest BCUT2D eigenvalue weighted by molar-refractivity contribution is -0.142. The predicted molar refractivity (Wildman–Crippen MR) is 96.1 cm³/mol. The summed E-state index contributed by atoms with van der Waals surface area (Å²) in [7, 11) is 0. The maximum Gasteiger partial charge on any atom is 0.408 e. The van der Waals surface area contributed by atoms with Crippen molar-refractivity contribution in [3.63, 3.8) is 0 Å². The number of piperidine rings is 2. The van der Waals surface area contributed by atoms with Crippen molar-refractivity contribution >= 4 is 17.6 Å². The van der Waals surface area contributed by atoms with Crippen LogP contribution in [0.4, 0.5) is 23.7 Å². The summed E-state index contributed by atoms with van der Waals surface area (Å²) in [5, 5.41) is 19.3. The first kappa shape index (κ1) is 20.0. The van der Waals surface area contributed by atoms with Crippen LogP contribution in [0.1, 0.15) is 43.7 Å². The van der Waals surface area contributed by atoms with Crippen LogP contribution in [-0.2, 0) is 11.3 Å². The second kappa shape index (κ2) is 7.19. The monoisotopic (exact) mass is 415 g/mol. The van der Waals surface area contributed by atoms with E-state index in [4.69, 9.17) is 0 Å². The normalized spacial score (nSPS) is 24.5. The maximum absolute atomic E-state index is 12.7. The molecule has 1 aromatic heterocycles.